The number of nitrogens with zero attached hydrogens (tertiary/aromatic N) is 1. The van der Waals surface area contributed by atoms with Gasteiger partial charge < -0.3 is 5.32 Å². The van der Waals surface area contributed by atoms with Crippen molar-refractivity contribution in [3.63, 3.8) is 0 Å². The smallest absolute Gasteiger partial charge is 0.122 e. The van der Waals surface area contributed by atoms with Crippen LogP contribution in [0.1, 0.15) is 5.56 Å². The van der Waals surface area contributed by atoms with Crippen LogP contribution in [-0.2, 0) is 6.54 Å². The summed E-state index contributed by atoms with van der Waals surface area (Å²) in [6.45, 7) is 0.751. The molecule has 0 aliphatic rings. The summed E-state index contributed by atoms with van der Waals surface area (Å²) in [6, 6.07) is 15.5. The lowest BCUT2D eigenvalue weighted by Gasteiger charge is -2.07. The van der Waals surface area contributed by atoms with Crippen LogP contribution < -0.4 is 5.32 Å². The Hall–Kier alpha value is -1.68. The quantitative estimate of drug-likeness (QED) is 0.845. The average Bonchev–Trinajstić information content (AvgIpc) is 2.38. The molecule has 0 unspecified atom stereocenters. The van der Waals surface area contributed by atoms with E-state index >= 15 is 0 Å². The van der Waals surface area contributed by atoms with Gasteiger partial charge in [0, 0.05) is 16.7 Å². The molecule has 0 heterocycles. The van der Waals surface area contributed by atoms with E-state index in [2.05, 4.69) is 38.6 Å². The first kappa shape index (κ1) is 11.8. The lowest BCUT2D eigenvalue weighted by Crippen LogP contribution is -1.98. The standard InChI is InChI=1S/C13H11BrN2O/c14-12-8-11(6-7-13(12)16-17)15-9-10-4-2-1-3-5-10/h1-8,15H,9H2. The summed E-state index contributed by atoms with van der Waals surface area (Å²) >= 11 is 3.30. The molecule has 1 N–H and O–H groups in total. The highest BCUT2D eigenvalue weighted by atomic mass is 79.9. The average molecular weight is 291 g/mol. The van der Waals surface area contributed by atoms with E-state index in [9.17, 15) is 4.91 Å². The number of anilines is 1. The van der Waals surface area contributed by atoms with E-state index in [-0.39, 0.29) is 0 Å². The molecule has 86 valence electrons. The van der Waals surface area contributed by atoms with Gasteiger partial charge in [0.2, 0.25) is 0 Å². The van der Waals surface area contributed by atoms with Crippen molar-refractivity contribution in [3.8, 4) is 0 Å². The second kappa shape index (κ2) is 5.59. The Kier molecular flexibility index (Phi) is 3.88. The molecule has 0 saturated carbocycles. The van der Waals surface area contributed by atoms with Crippen LogP contribution in [0.4, 0.5) is 11.4 Å². The molecule has 0 aromatic heterocycles. The highest BCUT2D eigenvalue weighted by Gasteiger charge is 2.01. The van der Waals surface area contributed by atoms with Gasteiger partial charge >= 0.3 is 0 Å². The molecule has 2 aromatic carbocycles. The summed E-state index contributed by atoms with van der Waals surface area (Å²) in [4.78, 5) is 10.4. The largest absolute Gasteiger partial charge is 0.381 e. The van der Waals surface area contributed by atoms with Gasteiger partial charge in [-0.3, -0.25) is 0 Å². The number of halogens is 1. The number of benzene rings is 2. The molecule has 17 heavy (non-hydrogen) atoms. The van der Waals surface area contributed by atoms with Gasteiger partial charge in [-0.15, -0.1) is 4.91 Å². The van der Waals surface area contributed by atoms with E-state index < -0.39 is 0 Å². The highest BCUT2D eigenvalue weighted by molar-refractivity contribution is 9.10. The molecule has 0 aliphatic carbocycles. The zero-order chi connectivity index (χ0) is 12.1. The highest BCUT2D eigenvalue weighted by Crippen LogP contribution is 2.28. The van der Waals surface area contributed by atoms with Crippen molar-refractivity contribution in [3.05, 3.63) is 63.5 Å². The van der Waals surface area contributed by atoms with Crippen molar-refractivity contribution in [1.29, 1.82) is 0 Å². The van der Waals surface area contributed by atoms with Crippen LogP contribution >= 0.6 is 15.9 Å². The molecule has 2 aromatic rings. The third-order valence-electron chi connectivity index (χ3n) is 2.39. The zero-order valence-corrected chi connectivity index (χ0v) is 10.6. The predicted octanol–water partition coefficient (Wildman–Crippen LogP) is 4.46. The summed E-state index contributed by atoms with van der Waals surface area (Å²) < 4.78 is 0.700. The van der Waals surface area contributed by atoms with Crippen LogP contribution in [0.5, 0.6) is 0 Å². The number of hydrogen-bond acceptors (Lipinski definition) is 3. The molecule has 0 spiro atoms. The Morgan fingerprint density at radius 1 is 1.12 bits per heavy atom. The van der Waals surface area contributed by atoms with Crippen LogP contribution in [0, 0.1) is 4.91 Å². The van der Waals surface area contributed by atoms with Gasteiger partial charge in [-0.25, -0.2) is 0 Å². The summed E-state index contributed by atoms with van der Waals surface area (Å²) in [5, 5.41) is 6.18. The van der Waals surface area contributed by atoms with Gasteiger partial charge in [0.1, 0.15) is 5.69 Å². The van der Waals surface area contributed by atoms with Crippen LogP contribution in [0.15, 0.2) is 58.2 Å². The van der Waals surface area contributed by atoms with Crippen molar-refractivity contribution >= 4 is 27.3 Å². The number of rotatable bonds is 4. The van der Waals surface area contributed by atoms with Crippen molar-refractivity contribution in [2.45, 2.75) is 6.54 Å². The second-order valence-corrected chi connectivity index (χ2v) is 4.45. The van der Waals surface area contributed by atoms with Gasteiger partial charge in [0.05, 0.1) is 0 Å². The zero-order valence-electron chi connectivity index (χ0n) is 9.06. The lowest BCUT2D eigenvalue weighted by atomic mass is 10.2. The first-order valence-electron chi connectivity index (χ1n) is 5.20. The molecular weight excluding hydrogens is 280 g/mol. The van der Waals surface area contributed by atoms with Crippen molar-refractivity contribution in [1.82, 2.24) is 0 Å². The predicted molar refractivity (Wildman–Crippen MR) is 73.4 cm³/mol. The molecule has 3 nitrogen and oxygen atoms in total. The van der Waals surface area contributed by atoms with E-state index in [1.54, 1.807) is 6.07 Å². The molecule has 0 amide bonds. The summed E-state index contributed by atoms with van der Waals surface area (Å²) in [7, 11) is 0. The maximum atomic E-state index is 10.4. The van der Waals surface area contributed by atoms with Crippen LogP contribution in [-0.4, -0.2) is 0 Å². The number of nitroso groups, excluding NO2 is 1. The molecule has 0 saturated heterocycles. The maximum Gasteiger partial charge on any atom is 0.122 e. The lowest BCUT2D eigenvalue weighted by molar-refractivity contribution is 1.15. The van der Waals surface area contributed by atoms with Gasteiger partial charge in [-0.2, -0.15) is 0 Å². The fourth-order valence-corrected chi connectivity index (χ4v) is 1.94. The summed E-state index contributed by atoms with van der Waals surface area (Å²) in [5.74, 6) is 0. The minimum Gasteiger partial charge on any atom is -0.381 e. The SMILES string of the molecule is O=Nc1ccc(NCc2ccccc2)cc1Br. The van der Waals surface area contributed by atoms with E-state index in [0.29, 0.717) is 10.2 Å². The van der Waals surface area contributed by atoms with Crippen molar-refractivity contribution < 1.29 is 0 Å². The fourth-order valence-electron chi connectivity index (χ4n) is 1.49. The third-order valence-corrected chi connectivity index (χ3v) is 3.02. The van der Waals surface area contributed by atoms with Gasteiger partial charge in [-0.05, 0) is 44.9 Å². The summed E-state index contributed by atoms with van der Waals surface area (Å²) in [6.07, 6.45) is 0. The molecule has 0 radical (unpaired) electrons. The third kappa shape index (κ3) is 3.14. The Bertz CT molecular complexity index is 514. The molecule has 2 rings (SSSR count). The maximum absolute atomic E-state index is 10.4. The molecule has 0 fully saturated rings. The Morgan fingerprint density at radius 2 is 1.88 bits per heavy atom. The van der Waals surface area contributed by atoms with Crippen molar-refractivity contribution in [2.75, 3.05) is 5.32 Å². The molecule has 0 atom stereocenters. The van der Waals surface area contributed by atoms with Gasteiger partial charge in [0.15, 0.2) is 0 Å². The van der Waals surface area contributed by atoms with Crippen LogP contribution in [0.2, 0.25) is 0 Å². The van der Waals surface area contributed by atoms with Crippen molar-refractivity contribution in [2.24, 2.45) is 5.18 Å². The molecule has 0 aliphatic heterocycles. The normalized spacial score (nSPS) is 9.94. The van der Waals surface area contributed by atoms with Gasteiger partial charge in [-0.1, -0.05) is 30.3 Å². The number of nitrogens with one attached hydrogen (secondary N) is 1. The minimum atomic E-state index is 0.412. The Labute approximate surface area is 108 Å². The minimum absolute atomic E-state index is 0.412. The Morgan fingerprint density at radius 3 is 2.53 bits per heavy atom. The van der Waals surface area contributed by atoms with Crippen LogP contribution in [0.25, 0.3) is 0 Å². The second-order valence-electron chi connectivity index (χ2n) is 3.60. The van der Waals surface area contributed by atoms with E-state index in [0.717, 1.165) is 12.2 Å². The van der Waals surface area contributed by atoms with Gasteiger partial charge in [0.25, 0.3) is 0 Å². The monoisotopic (exact) mass is 290 g/mol. The number of hydrogen-bond donors (Lipinski definition) is 1. The molecular formula is C13H11BrN2O. The Balaban J connectivity index is 2.05. The van der Waals surface area contributed by atoms with E-state index in [1.165, 1.54) is 5.56 Å². The van der Waals surface area contributed by atoms with Crippen LogP contribution in [0.3, 0.4) is 0 Å². The summed E-state index contributed by atoms with van der Waals surface area (Å²) in [5.41, 5.74) is 2.57. The molecule has 4 heteroatoms. The first-order valence-corrected chi connectivity index (χ1v) is 5.99. The fraction of sp³-hybridized carbons (Fsp3) is 0.0769. The van der Waals surface area contributed by atoms with E-state index in [4.69, 9.17) is 0 Å². The topological polar surface area (TPSA) is 41.5 Å². The first-order chi connectivity index (χ1) is 8.29. The molecule has 0 bridgehead atoms. The van der Waals surface area contributed by atoms with E-state index in [1.807, 2.05) is 30.3 Å².